The second kappa shape index (κ2) is 8.82. The van der Waals surface area contributed by atoms with E-state index in [4.69, 9.17) is 9.47 Å². The molecule has 3 heterocycles. The fraction of sp³-hybridized carbons (Fsp3) is 0.600. The number of aromatic nitrogens is 3. The zero-order valence-electron chi connectivity index (χ0n) is 16.1. The molecule has 0 bridgehead atoms. The molecule has 2 aliphatic heterocycles. The first-order valence-corrected chi connectivity index (χ1v) is 9.93. The van der Waals surface area contributed by atoms with Crippen molar-refractivity contribution in [2.24, 2.45) is 0 Å². The molecule has 2 fully saturated rings. The summed E-state index contributed by atoms with van der Waals surface area (Å²) < 4.78 is 11.4. The lowest BCUT2D eigenvalue weighted by molar-refractivity contribution is 0.0322. The van der Waals surface area contributed by atoms with Crippen LogP contribution in [-0.4, -0.2) is 71.0 Å². The molecule has 1 aromatic carbocycles. The van der Waals surface area contributed by atoms with Crippen molar-refractivity contribution in [1.82, 2.24) is 25.0 Å². The first-order valence-electron chi connectivity index (χ1n) is 9.93. The van der Waals surface area contributed by atoms with E-state index in [9.17, 15) is 0 Å². The molecule has 2 aliphatic rings. The number of hydrogen-bond donors (Lipinski definition) is 1. The van der Waals surface area contributed by atoms with Gasteiger partial charge in [-0.2, -0.15) is 5.10 Å². The lowest BCUT2D eigenvalue weighted by Gasteiger charge is -2.26. The predicted octanol–water partition coefficient (Wildman–Crippen LogP) is 2.16. The smallest absolute Gasteiger partial charge is 0.167 e. The quantitative estimate of drug-likeness (QED) is 0.805. The third-order valence-corrected chi connectivity index (χ3v) is 5.34. The summed E-state index contributed by atoms with van der Waals surface area (Å²) >= 11 is 0. The lowest BCUT2D eigenvalue weighted by atomic mass is 10.1. The van der Waals surface area contributed by atoms with Gasteiger partial charge in [-0.1, -0.05) is 12.1 Å². The molecule has 0 aliphatic carbocycles. The van der Waals surface area contributed by atoms with Crippen LogP contribution in [0.5, 0.6) is 5.75 Å². The summed E-state index contributed by atoms with van der Waals surface area (Å²) in [6, 6.07) is 8.77. The van der Waals surface area contributed by atoms with Crippen molar-refractivity contribution in [1.29, 1.82) is 0 Å². The lowest BCUT2D eigenvalue weighted by Crippen LogP contribution is -2.38. The van der Waals surface area contributed by atoms with Gasteiger partial charge in [-0.05, 0) is 44.0 Å². The largest absolute Gasteiger partial charge is 0.492 e. The van der Waals surface area contributed by atoms with Crippen molar-refractivity contribution >= 4 is 0 Å². The van der Waals surface area contributed by atoms with Gasteiger partial charge in [0, 0.05) is 26.2 Å². The molecule has 2 aromatic rings. The molecule has 1 aromatic heterocycles. The van der Waals surface area contributed by atoms with Gasteiger partial charge in [0.2, 0.25) is 0 Å². The van der Waals surface area contributed by atoms with E-state index in [1.54, 1.807) is 0 Å². The molecule has 27 heavy (non-hydrogen) atoms. The second-order valence-corrected chi connectivity index (χ2v) is 7.36. The van der Waals surface area contributed by atoms with Crippen molar-refractivity contribution in [3.05, 3.63) is 41.5 Å². The molecule has 2 saturated heterocycles. The Labute approximate surface area is 160 Å². The minimum absolute atomic E-state index is 0.306. The molecule has 0 saturated carbocycles. The topological polar surface area (TPSA) is 66.5 Å². The molecule has 146 valence electrons. The maximum absolute atomic E-state index is 6.00. The monoisotopic (exact) mass is 371 g/mol. The van der Waals surface area contributed by atoms with Crippen molar-refractivity contribution in [3.63, 3.8) is 0 Å². The van der Waals surface area contributed by atoms with Crippen LogP contribution in [0.15, 0.2) is 24.3 Å². The third kappa shape index (κ3) is 4.86. The number of nitrogens with one attached hydrogen (secondary N) is 1. The average molecular weight is 371 g/mol. The summed E-state index contributed by atoms with van der Waals surface area (Å²) in [6.45, 7) is 9.26. The van der Waals surface area contributed by atoms with Gasteiger partial charge in [0.25, 0.3) is 0 Å². The van der Waals surface area contributed by atoms with Gasteiger partial charge in [0.15, 0.2) is 5.82 Å². The molecule has 4 rings (SSSR count). The van der Waals surface area contributed by atoms with Crippen molar-refractivity contribution in [2.75, 3.05) is 46.0 Å². The van der Waals surface area contributed by atoms with E-state index >= 15 is 0 Å². The number of rotatable bonds is 7. The Balaban J connectivity index is 1.32. The van der Waals surface area contributed by atoms with Crippen LogP contribution in [0.2, 0.25) is 0 Å². The maximum atomic E-state index is 6.00. The van der Waals surface area contributed by atoms with E-state index < -0.39 is 0 Å². The van der Waals surface area contributed by atoms with Gasteiger partial charge in [-0.25, -0.2) is 4.98 Å². The highest BCUT2D eigenvalue weighted by molar-refractivity contribution is 5.28. The Kier molecular flexibility index (Phi) is 6.01. The second-order valence-electron chi connectivity index (χ2n) is 7.36. The number of nitrogens with zero attached hydrogens (tertiary/aromatic N) is 4. The summed E-state index contributed by atoms with van der Waals surface area (Å²) in [5.41, 5.74) is 1.28. The molecule has 1 atom stereocenters. The van der Waals surface area contributed by atoms with Crippen LogP contribution in [0, 0.1) is 6.92 Å². The van der Waals surface area contributed by atoms with Crippen molar-refractivity contribution in [3.8, 4) is 5.75 Å². The Morgan fingerprint density at radius 1 is 1.26 bits per heavy atom. The van der Waals surface area contributed by atoms with E-state index in [2.05, 4.69) is 43.2 Å². The number of ether oxygens (including phenoxy) is 2. The molecule has 7 nitrogen and oxygen atoms in total. The SMILES string of the molecule is Cc1nc([C@H]2CCCN2Cc2cccc(OCCN3CCOCC3)c2)n[nH]1. The fourth-order valence-corrected chi connectivity index (χ4v) is 3.90. The number of benzene rings is 1. The standard InChI is InChI=1S/C20H29N5O2/c1-16-21-20(23-22-16)19-6-3-7-25(19)15-17-4-2-5-18(14-17)27-13-10-24-8-11-26-12-9-24/h2,4-5,14,19H,3,6-13,15H2,1H3,(H,21,22,23)/t19-/m1/s1. The van der Waals surface area contributed by atoms with Crippen LogP contribution in [0.4, 0.5) is 0 Å². The van der Waals surface area contributed by atoms with Crippen LogP contribution in [0.25, 0.3) is 0 Å². The average Bonchev–Trinajstić information content (AvgIpc) is 3.32. The van der Waals surface area contributed by atoms with E-state index in [0.29, 0.717) is 12.6 Å². The van der Waals surface area contributed by atoms with Crippen LogP contribution >= 0.6 is 0 Å². The van der Waals surface area contributed by atoms with Crippen LogP contribution in [-0.2, 0) is 11.3 Å². The zero-order chi connectivity index (χ0) is 18.5. The highest BCUT2D eigenvalue weighted by Gasteiger charge is 2.29. The normalized spacial score (nSPS) is 21.6. The summed E-state index contributed by atoms with van der Waals surface area (Å²) in [6.07, 6.45) is 2.31. The first kappa shape index (κ1) is 18.4. The van der Waals surface area contributed by atoms with Gasteiger partial charge >= 0.3 is 0 Å². The molecule has 1 N–H and O–H groups in total. The Bertz CT molecular complexity index is 729. The summed E-state index contributed by atoms with van der Waals surface area (Å²) in [5.74, 6) is 2.75. The number of aryl methyl sites for hydroxylation is 1. The van der Waals surface area contributed by atoms with E-state index in [-0.39, 0.29) is 0 Å². The summed E-state index contributed by atoms with van der Waals surface area (Å²) in [7, 11) is 0. The molecule has 0 amide bonds. The van der Waals surface area contributed by atoms with Gasteiger partial charge in [-0.3, -0.25) is 14.9 Å². The third-order valence-electron chi connectivity index (χ3n) is 5.34. The van der Waals surface area contributed by atoms with Gasteiger partial charge < -0.3 is 9.47 Å². The van der Waals surface area contributed by atoms with Crippen molar-refractivity contribution in [2.45, 2.75) is 32.4 Å². The summed E-state index contributed by atoms with van der Waals surface area (Å²) in [4.78, 5) is 9.40. The molecule has 0 unspecified atom stereocenters. The van der Waals surface area contributed by atoms with Crippen molar-refractivity contribution < 1.29 is 9.47 Å². The van der Waals surface area contributed by atoms with Gasteiger partial charge in [0.1, 0.15) is 18.2 Å². The minimum Gasteiger partial charge on any atom is -0.492 e. The molecular weight excluding hydrogens is 342 g/mol. The molecule has 0 radical (unpaired) electrons. The first-order chi connectivity index (χ1) is 13.3. The number of morpholine rings is 1. The number of likely N-dealkylation sites (tertiary alicyclic amines) is 1. The highest BCUT2D eigenvalue weighted by Crippen LogP contribution is 2.31. The van der Waals surface area contributed by atoms with E-state index in [1.165, 1.54) is 12.0 Å². The van der Waals surface area contributed by atoms with Crippen LogP contribution in [0.3, 0.4) is 0 Å². The highest BCUT2D eigenvalue weighted by atomic mass is 16.5. The number of H-pyrrole nitrogens is 1. The fourth-order valence-electron chi connectivity index (χ4n) is 3.90. The number of aromatic amines is 1. The number of hydrogen-bond acceptors (Lipinski definition) is 6. The maximum Gasteiger partial charge on any atom is 0.167 e. The summed E-state index contributed by atoms with van der Waals surface area (Å²) in [5, 5.41) is 7.35. The Hall–Kier alpha value is -1.96. The molecule has 7 heteroatoms. The Morgan fingerprint density at radius 3 is 2.96 bits per heavy atom. The minimum atomic E-state index is 0.306. The van der Waals surface area contributed by atoms with E-state index in [0.717, 1.165) is 69.8 Å². The van der Waals surface area contributed by atoms with Gasteiger partial charge in [0.05, 0.1) is 19.3 Å². The molecule has 0 spiro atoms. The Morgan fingerprint density at radius 2 is 2.15 bits per heavy atom. The molecular formula is C20H29N5O2. The van der Waals surface area contributed by atoms with Crippen LogP contribution < -0.4 is 4.74 Å². The van der Waals surface area contributed by atoms with Crippen LogP contribution in [0.1, 0.15) is 36.1 Å². The predicted molar refractivity (Wildman–Crippen MR) is 103 cm³/mol. The zero-order valence-corrected chi connectivity index (χ0v) is 16.1. The van der Waals surface area contributed by atoms with Gasteiger partial charge in [-0.15, -0.1) is 0 Å². The van der Waals surface area contributed by atoms with E-state index in [1.807, 2.05) is 13.0 Å².